The van der Waals surface area contributed by atoms with Gasteiger partial charge in [0.05, 0.1) is 5.56 Å². The first-order chi connectivity index (χ1) is 12.9. The van der Waals surface area contributed by atoms with Crippen LogP contribution in [0, 0.1) is 0 Å². The van der Waals surface area contributed by atoms with Crippen LogP contribution < -0.4 is 4.90 Å². The summed E-state index contributed by atoms with van der Waals surface area (Å²) in [4.78, 5) is 24.7. The van der Waals surface area contributed by atoms with Crippen LogP contribution in [0.3, 0.4) is 0 Å². The molecule has 0 bridgehead atoms. The van der Waals surface area contributed by atoms with E-state index >= 15 is 0 Å². The van der Waals surface area contributed by atoms with Crippen molar-refractivity contribution in [2.75, 3.05) is 31.1 Å². The lowest BCUT2D eigenvalue weighted by molar-refractivity contribution is -0.138. The number of hydrogen-bond donors (Lipinski definition) is 0. The molecule has 0 atom stereocenters. The first-order valence-electron chi connectivity index (χ1n) is 8.68. The summed E-state index contributed by atoms with van der Waals surface area (Å²) in [5.74, 6) is 1.05. The third-order valence-corrected chi connectivity index (χ3v) is 5.60. The number of alkyl halides is 3. The van der Waals surface area contributed by atoms with Crippen molar-refractivity contribution in [3.05, 3.63) is 28.8 Å². The number of aromatic nitrogens is 4. The zero-order chi connectivity index (χ0) is 19.0. The second-order valence-electron chi connectivity index (χ2n) is 6.62. The highest BCUT2D eigenvalue weighted by atomic mass is 32.1. The van der Waals surface area contributed by atoms with Gasteiger partial charge in [0.25, 0.3) is 5.91 Å². The van der Waals surface area contributed by atoms with E-state index in [4.69, 9.17) is 0 Å². The number of hydrogen-bond acceptors (Lipinski definition) is 7. The maximum absolute atomic E-state index is 12.7. The van der Waals surface area contributed by atoms with Crippen LogP contribution in [0.25, 0.3) is 0 Å². The molecule has 1 saturated carbocycles. The van der Waals surface area contributed by atoms with Gasteiger partial charge in [-0.15, -0.1) is 10.2 Å². The maximum atomic E-state index is 12.7. The molecule has 2 aliphatic rings. The van der Waals surface area contributed by atoms with Gasteiger partial charge in [-0.05, 0) is 19.3 Å². The van der Waals surface area contributed by atoms with Crippen LogP contribution in [-0.4, -0.2) is 57.2 Å². The predicted octanol–water partition coefficient (Wildman–Crippen LogP) is 2.58. The first-order valence-corrected chi connectivity index (χ1v) is 9.50. The van der Waals surface area contributed by atoms with Crippen LogP contribution in [0.4, 0.5) is 18.3 Å². The second kappa shape index (κ2) is 7.02. The third-order valence-electron chi connectivity index (χ3n) is 4.57. The van der Waals surface area contributed by atoms with E-state index in [0.717, 1.165) is 18.7 Å². The molecular formula is C16H17F3N6OS. The quantitative estimate of drug-likeness (QED) is 0.791. The summed E-state index contributed by atoms with van der Waals surface area (Å²) < 4.78 is 38.1. The number of carbonyl (C=O) groups is 1. The summed E-state index contributed by atoms with van der Waals surface area (Å²) in [6.07, 6.45) is 1.45. The molecule has 0 aromatic carbocycles. The minimum atomic E-state index is -4.49. The zero-order valence-corrected chi connectivity index (χ0v) is 15.1. The molecule has 1 aliphatic carbocycles. The fraction of sp³-hybridized carbons (Fsp3) is 0.562. The SMILES string of the molecule is O=C(c1cnc(C2CC2)nc1)N1CCCN(c2nnc(C(F)(F)F)s2)CC1. The lowest BCUT2D eigenvalue weighted by atomic mass is 10.2. The highest BCUT2D eigenvalue weighted by Crippen LogP contribution is 2.37. The molecule has 1 saturated heterocycles. The molecule has 144 valence electrons. The van der Waals surface area contributed by atoms with Crippen LogP contribution in [0.5, 0.6) is 0 Å². The maximum Gasteiger partial charge on any atom is 0.445 e. The Morgan fingerprint density at radius 3 is 2.44 bits per heavy atom. The average molecular weight is 398 g/mol. The molecule has 11 heteroatoms. The lowest BCUT2D eigenvalue weighted by Gasteiger charge is -2.21. The Morgan fingerprint density at radius 2 is 1.81 bits per heavy atom. The molecule has 0 radical (unpaired) electrons. The van der Waals surface area contributed by atoms with E-state index in [1.807, 2.05) is 0 Å². The molecule has 1 amide bonds. The van der Waals surface area contributed by atoms with Crippen molar-refractivity contribution in [2.45, 2.75) is 31.4 Å². The number of amides is 1. The number of nitrogens with zero attached hydrogens (tertiary/aromatic N) is 6. The van der Waals surface area contributed by atoms with Gasteiger partial charge in [-0.3, -0.25) is 4.79 Å². The minimum Gasteiger partial charge on any atom is -0.345 e. The summed E-state index contributed by atoms with van der Waals surface area (Å²) in [6.45, 7) is 1.83. The Hall–Kier alpha value is -2.30. The van der Waals surface area contributed by atoms with Crippen molar-refractivity contribution in [1.29, 1.82) is 0 Å². The summed E-state index contributed by atoms with van der Waals surface area (Å²) in [5.41, 5.74) is 0.433. The summed E-state index contributed by atoms with van der Waals surface area (Å²) in [7, 11) is 0. The molecule has 2 aromatic rings. The van der Waals surface area contributed by atoms with Gasteiger partial charge < -0.3 is 9.80 Å². The van der Waals surface area contributed by atoms with Crippen LogP contribution in [0.15, 0.2) is 12.4 Å². The summed E-state index contributed by atoms with van der Waals surface area (Å²) in [5, 5.41) is 6.16. The fourth-order valence-corrected chi connectivity index (χ4v) is 3.72. The van der Waals surface area contributed by atoms with E-state index in [9.17, 15) is 18.0 Å². The van der Waals surface area contributed by atoms with Crippen molar-refractivity contribution in [3.8, 4) is 0 Å². The van der Waals surface area contributed by atoms with Crippen LogP contribution in [0.2, 0.25) is 0 Å². The number of carbonyl (C=O) groups excluding carboxylic acids is 1. The predicted molar refractivity (Wildman–Crippen MR) is 91.7 cm³/mol. The monoisotopic (exact) mass is 398 g/mol. The normalized spacial score (nSPS) is 18.5. The Balaban J connectivity index is 1.40. The van der Waals surface area contributed by atoms with Crippen LogP contribution in [-0.2, 0) is 6.18 Å². The Kier molecular flexibility index (Phi) is 4.70. The van der Waals surface area contributed by atoms with Crippen LogP contribution >= 0.6 is 11.3 Å². The molecule has 2 fully saturated rings. The smallest absolute Gasteiger partial charge is 0.345 e. The van der Waals surface area contributed by atoms with Crippen LogP contribution in [0.1, 0.15) is 46.4 Å². The fourth-order valence-electron chi connectivity index (χ4n) is 2.95. The molecule has 0 N–H and O–H groups in total. The molecule has 4 rings (SSSR count). The van der Waals surface area contributed by atoms with Crippen molar-refractivity contribution in [2.24, 2.45) is 0 Å². The van der Waals surface area contributed by atoms with E-state index in [1.54, 1.807) is 22.2 Å². The van der Waals surface area contributed by atoms with E-state index in [0.29, 0.717) is 55.4 Å². The van der Waals surface area contributed by atoms with Gasteiger partial charge in [0, 0.05) is 44.5 Å². The van der Waals surface area contributed by atoms with Crippen molar-refractivity contribution >= 4 is 22.4 Å². The first kappa shape index (κ1) is 18.1. The highest BCUT2D eigenvalue weighted by Gasteiger charge is 2.36. The van der Waals surface area contributed by atoms with Gasteiger partial charge in [-0.25, -0.2) is 9.97 Å². The molecule has 3 heterocycles. The number of halogens is 3. The topological polar surface area (TPSA) is 75.1 Å². The van der Waals surface area contributed by atoms with Gasteiger partial charge in [0.15, 0.2) is 0 Å². The number of rotatable bonds is 3. The lowest BCUT2D eigenvalue weighted by Crippen LogP contribution is -2.35. The zero-order valence-electron chi connectivity index (χ0n) is 14.3. The minimum absolute atomic E-state index is 0.160. The van der Waals surface area contributed by atoms with Crippen molar-refractivity contribution < 1.29 is 18.0 Å². The Labute approximate surface area is 157 Å². The highest BCUT2D eigenvalue weighted by molar-refractivity contribution is 7.15. The molecule has 1 aliphatic heterocycles. The van der Waals surface area contributed by atoms with E-state index in [1.165, 1.54) is 0 Å². The summed E-state index contributed by atoms with van der Waals surface area (Å²) >= 11 is 0.527. The molecular weight excluding hydrogens is 381 g/mol. The Morgan fingerprint density at radius 1 is 1.07 bits per heavy atom. The van der Waals surface area contributed by atoms with E-state index in [2.05, 4.69) is 20.2 Å². The second-order valence-corrected chi connectivity index (χ2v) is 7.58. The molecule has 0 spiro atoms. The number of anilines is 1. The molecule has 2 aromatic heterocycles. The van der Waals surface area contributed by atoms with Gasteiger partial charge in [0.2, 0.25) is 10.1 Å². The van der Waals surface area contributed by atoms with Gasteiger partial charge in [0.1, 0.15) is 5.82 Å². The Bertz CT molecular complexity index is 820. The van der Waals surface area contributed by atoms with Crippen molar-refractivity contribution in [1.82, 2.24) is 25.1 Å². The van der Waals surface area contributed by atoms with Crippen molar-refractivity contribution in [3.63, 3.8) is 0 Å². The molecule has 27 heavy (non-hydrogen) atoms. The standard InChI is InChI=1S/C16H17F3N6OS/c17-16(18,19)14-22-23-15(27-14)25-5-1-4-24(6-7-25)13(26)11-8-20-12(21-9-11)10-2-3-10/h8-10H,1-7H2. The van der Waals surface area contributed by atoms with E-state index in [-0.39, 0.29) is 11.0 Å². The van der Waals surface area contributed by atoms with E-state index < -0.39 is 11.2 Å². The largest absolute Gasteiger partial charge is 0.445 e. The third kappa shape index (κ3) is 4.02. The molecule has 0 unspecified atom stereocenters. The van der Waals surface area contributed by atoms with Gasteiger partial charge >= 0.3 is 6.18 Å². The van der Waals surface area contributed by atoms with Gasteiger partial charge in [-0.1, -0.05) is 11.3 Å². The summed E-state index contributed by atoms with van der Waals surface area (Å²) in [6, 6.07) is 0. The average Bonchev–Trinajstić information content (AvgIpc) is 3.42. The molecule has 7 nitrogen and oxygen atoms in total. The van der Waals surface area contributed by atoms with Gasteiger partial charge in [-0.2, -0.15) is 13.2 Å².